The number of hydrogen-bond acceptors (Lipinski definition) is 4. The van der Waals surface area contributed by atoms with E-state index in [0.29, 0.717) is 12.4 Å². The minimum absolute atomic E-state index is 0.244. The van der Waals surface area contributed by atoms with Crippen LogP contribution in [-0.4, -0.2) is 69.8 Å². The molecule has 2 aliphatic heterocycles. The summed E-state index contributed by atoms with van der Waals surface area (Å²) >= 11 is 1.61. The van der Waals surface area contributed by atoms with E-state index in [1.54, 1.807) is 18.8 Å². The van der Waals surface area contributed by atoms with Gasteiger partial charge in [0, 0.05) is 19.8 Å². The molecular formula is C19H23N4O2S+. The maximum absolute atomic E-state index is 12.7. The fraction of sp³-hybridized carbons (Fsp3) is 0.368. The van der Waals surface area contributed by atoms with Gasteiger partial charge in [0.05, 0.1) is 0 Å². The summed E-state index contributed by atoms with van der Waals surface area (Å²) in [7, 11) is 3.17. The standard InChI is InChI=1S/C19H23N4O2S/c1-13(2)12-23-15-16(21(3)19(25)22(4)17(15)24)20-18(23)26-11-10-14-8-6-5-7-9-14/h5-9,15H,1,10-12H2,2-4H3/q+1. The van der Waals surface area contributed by atoms with E-state index in [9.17, 15) is 9.59 Å². The Morgan fingerprint density at radius 1 is 1.23 bits per heavy atom. The van der Waals surface area contributed by atoms with E-state index in [2.05, 4.69) is 23.7 Å². The summed E-state index contributed by atoms with van der Waals surface area (Å²) in [6, 6.07) is 9.35. The van der Waals surface area contributed by atoms with Crippen LogP contribution in [-0.2, 0) is 11.2 Å². The zero-order chi connectivity index (χ0) is 18.8. The van der Waals surface area contributed by atoms with Gasteiger partial charge in [-0.25, -0.2) is 9.37 Å². The van der Waals surface area contributed by atoms with Gasteiger partial charge >= 0.3 is 11.2 Å². The second kappa shape index (κ2) is 7.45. The van der Waals surface area contributed by atoms with E-state index in [1.807, 2.05) is 29.7 Å². The highest BCUT2D eigenvalue weighted by atomic mass is 32.2. The number of hydrogen-bond donors (Lipinski definition) is 0. The van der Waals surface area contributed by atoms with Gasteiger partial charge in [0.1, 0.15) is 6.54 Å². The molecule has 0 radical (unpaired) electrons. The molecule has 0 N–H and O–H groups in total. The summed E-state index contributed by atoms with van der Waals surface area (Å²) in [6.45, 7) is 6.44. The van der Waals surface area contributed by atoms with Crippen molar-refractivity contribution < 1.29 is 14.2 Å². The number of imide groups is 1. The van der Waals surface area contributed by atoms with E-state index in [1.165, 1.54) is 17.5 Å². The third-order valence-corrected chi connectivity index (χ3v) is 5.39. The topological polar surface area (TPSA) is 56.0 Å². The lowest BCUT2D eigenvalue weighted by atomic mass is 10.1. The van der Waals surface area contributed by atoms with Crippen molar-refractivity contribution in [2.24, 2.45) is 4.99 Å². The summed E-state index contributed by atoms with van der Waals surface area (Å²) in [6.07, 6.45) is 0.911. The fourth-order valence-electron chi connectivity index (χ4n) is 3.05. The molecule has 0 spiro atoms. The molecule has 0 aliphatic carbocycles. The third-order valence-electron chi connectivity index (χ3n) is 4.40. The molecule has 1 unspecified atom stereocenters. The Hall–Kier alpha value is -2.41. The van der Waals surface area contributed by atoms with Crippen molar-refractivity contribution in [3.05, 3.63) is 48.0 Å². The monoisotopic (exact) mass is 371 g/mol. The van der Waals surface area contributed by atoms with Crippen LogP contribution >= 0.6 is 11.8 Å². The molecule has 1 atom stereocenters. The number of thioether (sulfide) groups is 1. The number of carbonyl (C=O) groups excluding carboxylic acids is 2. The molecule has 26 heavy (non-hydrogen) atoms. The summed E-state index contributed by atoms with van der Waals surface area (Å²) in [5.74, 6) is 1.10. The average molecular weight is 371 g/mol. The molecule has 6 nitrogen and oxygen atoms in total. The van der Waals surface area contributed by atoms with Gasteiger partial charge in [0.25, 0.3) is 17.8 Å². The van der Waals surface area contributed by atoms with Crippen LogP contribution in [0.1, 0.15) is 12.5 Å². The van der Waals surface area contributed by atoms with Crippen molar-refractivity contribution in [1.82, 2.24) is 9.80 Å². The van der Waals surface area contributed by atoms with Crippen molar-refractivity contribution in [3.8, 4) is 0 Å². The number of likely N-dealkylation sites (N-methyl/N-ethyl adjacent to an activating group) is 2. The molecule has 0 bridgehead atoms. The van der Waals surface area contributed by atoms with E-state index in [4.69, 9.17) is 0 Å². The normalized spacial score (nSPS) is 19.8. The minimum atomic E-state index is -0.557. The van der Waals surface area contributed by atoms with Crippen molar-refractivity contribution in [1.29, 1.82) is 0 Å². The number of nitrogens with zero attached hydrogens (tertiary/aromatic N) is 4. The molecule has 0 saturated carbocycles. The summed E-state index contributed by atoms with van der Waals surface area (Å²) in [5, 5.41) is 0.771. The Bertz CT molecular complexity index is 816. The predicted molar refractivity (Wildman–Crippen MR) is 105 cm³/mol. The number of urea groups is 1. The second-order valence-corrected chi connectivity index (χ2v) is 7.63. The van der Waals surface area contributed by atoms with Gasteiger partial charge in [-0.1, -0.05) is 36.9 Å². The highest BCUT2D eigenvalue weighted by molar-refractivity contribution is 8.13. The van der Waals surface area contributed by atoms with Crippen LogP contribution in [0.15, 0.2) is 47.5 Å². The van der Waals surface area contributed by atoms with Crippen LogP contribution < -0.4 is 0 Å². The first kappa shape index (κ1) is 18.4. The highest BCUT2D eigenvalue weighted by Crippen LogP contribution is 2.23. The Kier molecular flexibility index (Phi) is 5.27. The SMILES string of the molecule is C=C(C)C[N+]1=C(SCCc2ccccc2)N=C2C1C(=O)N(C)C(=O)N2C. The molecule has 3 rings (SSSR count). The molecule has 1 aromatic carbocycles. The fourth-order valence-corrected chi connectivity index (χ4v) is 4.06. The van der Waals surface area contributed by atoms with E-state index in [0.717, 1.165) is 27.8 Å². The lowest BCUT2D eigenvalue weighted by molar-refractivity contribution is -0.524. The van der Waals surface area contributed by atoms with Crippen LogP contribution in [0.2, 0.25) is 0 Å². The van der Waals surface area contributed by atoms with Crippen molar-refractivity contribution in [2.75, 3.05) is 26.4 Å². The molecule has 1 fully saturated rings. The molecular weight excluding hydrogens is 348 g/mol. The smallest absolute Gasteiger partial charge is 0.269 e. The Labute approximate surface area is 157 Å². The average Bonchev–Trinajstić information content (AvgIpc) is 2.97. The minimum Gasteiger partial charge on any atom is -0.269 e. The zero-order valence-electron chi connectivity index (χ0n) is 15.3. The van der Waals surface area contributed by atoms with E-state index in [-0.39, 0.29) is 11.9 Å². The second-order valence-electron chi connectivity index (χ2n) is 6.56. The van der Waals surface area contributed by atoms with Gasteiger partial charge in [-0.15, -0.1) is 0 Å². The molecule has 1 aromatic rings. The first-order chi connectivity index (χ1) is 12.4. The molecule has 0 aromatic heterocycles. The van der Waals surface area contributed by atoms with Crippen molar-refractivity contribution in [2.45, 2.75) is 19.4 Å². The third kappa shape index (κ3) is 3.44. The van der Waals surface area contributed by atoms with Crippen LogP contribution in [0.4, 0.5) is 4.79 Å². The number of aryl methyl sites for hydroxylation is 1. The number of rotatable bonds is 5. The molecule has 7 heteroatoms. The van der Waals surface area contributed by atoms with Crippen molar-refractivity contribution in [3.63, 3.8) is 0 Å². The Balaban J connectivity index is 1.83. The van der Waals surface area contributed by atoms with Gasteiger partial charge in [-0.3, -0.25) is 14.6 Å². The number of amidine groups is 2. The molecule has 1 saturated heterocycles. The number of fused-ring (bicyclic) bond motifs is 1. The lowest BCUT2D eigenvalue weighted by Gasteiger charge is -2.30. The maximum atomic E-state index is 12.7. The largest absolute Gasteiger partial charge is 0.358 e. The first-order valence-corrected chi connectivity index (χ1v) is 9.47. The molecule has 2 aliphatic rings. The molecule has 2 heterocycles. The van der Waals surface area contributed by atoms with Crippen LogP contribution in [0.5, 0.6) is 0 Å². The summed E-state index contributed by atoms with van der Waals surface area (Å²) in [4.78, 5) is 32.2. The number of carbonyl (C=O) groups is 2. The van der Waals surface area contributed by atoms with Gasteiger partial charge < -0.3 is 0 Å². The van der Waals surface area contributed by atoms with Crippen LogP contribution in [0, 0.1) is 0 Å². The van der Waals surface area contributed by atoms with E-state index < -0.39 is 6.04 Å². The van der Waals surface area contributed by atoms with E-state index >= 15 is 0 Å². The number of amides is 3. The molecule has 3 amide bonds. The van der Waals surface area contributed by atoms with Gasteiger partial charge in [0.15, 0.2) is 0 Å². The Morgan fingerprint density at radius 2 is 1.92 bits per heavy atom. The van der Waals surface area contributed by atoms with Crippen LogP contribution in [0.25, 0.3) is 0 Å². The summed E-state index contributed by atoms with van der Waals surface area (Å²) < 4.78 is 1.95. The molecule has 136 valence electrons. The quantitative estimate of drug-likeness (QED) is 0.589. The Morgan fingerprint density at radius 3 is 2.58 bits per heavy atom. The predicted octanol–water partition coefficient (Wildman–Crippen LogP) is 2.21. The van der Waals surface area contributed by atoms with Gasteiger partial charge in [-0.05, 0) is 41.2 Å². The van der Waals surface area contributed by atoms with Gasteiger partial charge in [0.2, 0.25) is 0 Å². The maximum Gasteiger partial charge on any atom is 0.358 e. The van der Waals surface area contributed by atoms with Crippen molar-refractivity contribution >= 4 is 34.7 Å². The number of aliphatic imine (C=N–C) groups is 1. The van der Waals surface area contributed by atoms with Gasteiger partial charge in [-0.2, -0.15) is 0 Å². The highest BCUT2D eigenvalue weighted by Gasteiger charge is 2.53. The first-order valence-electron chi connectivity index (χ1n) is 8.48. The summed E-state index contributed by atoms with van der Waals surface area (Å²) in [5.41, 5.74) is 2.20. The van der Waals surface area contributed by atoms with Crippen LogP contribution in [0.3, 0.4) is 0 Å². The number of benzene rings is 1. The zero-order valence-corrected chi connectivity index (χ0v) is 16.1. The lowest BCUT2D eigenvalue weighted by Crippen LogP contribution is -2.61.